The fourth-order valence-electron chi connectivity index (χ4n) is 3.83. The molecule has 0 aliphatic heterocycles. The van der Waals surface area contributed by atoms with E-state index in [9.17, 15) is 8.42 Å². The average Bonchev–Trinajstić information content (AvgIpc) is 2.84. The van der Waals surface area contributed by atoms with Gasteiger partial charge in [0.05, 0.1) is 12.0 Å². The first-order valence-corrected chi connectivity index (χ1v) is 12.1. The number of fused-ring (bicyclic) bond motifs is 1. The largest absolute Gasteiger partial charge is 0.497 e. The molecule has 5 heteroatoms. The minimum atomic E-state index is -3.70. The second kappa shape index (κ2) is 9.55. The van der Waals surface area contributed by atoms with Crippen molar-refractivity contribution in [3.63, 3.8) is 0 Å². The van der Waals surface area contributed by atoms with Crippen molar-refractivity contribution in [3.05, 3.63) is 108 Å². The van der Waals surface area contributed by atoms with Crippen LogP contribution in [0.5, 0.6) is 5.75 Å². The lowest BCUT2D eigenvalue weighted by Crippen LogP contribution is -2.30. The van der Waals surface area contributed by atoms with E-state index in [0.29, 0.717) is 4.90 Å². The third-order valence-electron chi connectivity index (χ3n) is 5.71. The second-order valence-corrected chi connectivity index (χ2v) is 9.69. The lowest BCUT2D eigenvalue weighted by molar-refractivity contribution is 0.400. The molecule has 0 aliphatic carbocycles. The molecule has 164 valence electrons. The topological polar surface area (TPSA) is 46.6 Å². The molecule has 0 N–H and O–H groups in total. The summed E-state index contributed by atoms with van der Waals surface area (Å²) < 4.78 is 34.2. The van der Waals surface area contributed by atoms with Gasteiger partial charge in [0.15, 0.2) is 0 Å². The standard InChI is InChI=1S/C27H27NO3S/c1-3-21-13-17-26(18-14-21)32(29,30)28(19-22-11-15-25(31-2)16-12-22)20-24-9-6-8-23-7-4-5-10-27(23)24/h4-18H,3,19-20H2,1-2H3. The molecule has 0 saturated carbocycles. The van der Waals surface area contributed by atoms with Crippen LogP contribution < -0.4 is 4.74 Å². The van der Waals surface area contributed by atoms with E-state index in [2.05, 4.69) is 6.92 Å². The van der Waals surface area contributed by atoms with Crippen molar-refractivity contribution in [2.75, 3.05) is 7.11 Å². The van der Waals surface area contributed by atoms with E-state index in [1.54, 1.807) is 23.5 Å². The van der Waals surface area contributed by atoms with Crippen LogP contribution in [0.15, 0.2) is 95.9 Å². The summed E-state index contributed by atoms with van der Waals surface area (Å²) in [5.41, 5.74) is 2.99. The van der Waals surface area contributed by atoms with E-state index in [4.69, 9.17) is 4.74 Å². The molecule has 0 aliphatic rings. The van der Waals surface area contributed by atoms with Gasteiger partial charge in [-0.05, 0) is 58.1 Å². The zero-order chi connectivity index (χ0) is 22.6. The van der Waals surface area contributed by atoms with Gasteiger partial charge in [0.2, 0.25) is 10.0 Å². The summed E-state index contributed by atoms with van der Waals surface area (Å²) in [6.45, 7) is 2.61. The van der Waals surface area contributed by atoms with Crippen LogP contribution in [0.2, 0.25) is 0 Å². The van der Waals surface area contributed by atoms with Crippen molar-refractivity contribution >= 4 is 20.8 Å². The summed E-state index contributed by atoms with van der Waals surface area (Å²) in [4.78, 5) is 0.309. The minimum absolute atomic E-state index is 0.269. The molecule has 0 heterocycles. The summed E-state index contributed by atoms with van der Waals surface area (Å²) >= 11 is 0. The Bertz CT molecular complexity index is 1290. The molecule has 32 heavy (non-hydrogen) atoms. The Morgan fingerprint density at radius 2 is 1.41 bits per heavy atom. The van der Waals surface area contributed by atoms with Gasteiger partial charge < -0.3 is 4.74 Å². The predicted molar refractivity (Wildman–Crippen MR) is 129 cm³/mol. The van der Waals surface area contributed by atoms with E-state index in [0.717, 1.165) is 39.6 Å². The molecule has 0 spiro atoms. The first-order valence-electron chi connectivity index (χ1n) is 10.7. The van der Waals surface area contributed by atoms with Crippen molar-refractivity contribution in [3.8, 4) is 5.75 Å². The smallest absolute Gasteiger partial charge is 0.243 e. The van der Waals surface area contributed by atoms with Crippen LogP contribution in [-0.2, 0) is 29.5 Å². The van der Waals surface area contributed by atoms with Crippen LogP contribution in [0.1, 0.15) is 23.6 Å². The van der Waals surface area contributed by atoms with E-state index in [-0.39, 0.29) is 13.1 Å². The summed E-state index contributed by atoms with van der Waals surface area (Å²) in [5.74, 6) is 0.743. The van der Waals surface area contributed by atoms with Gasteiger partial charge in [-0.2, -0.15) is 4.31 Å². The van der Waals surface area contributed by atoms with Crippen molar-refractivity contribution in [2.45, 2.75) is 31.3 Å². The Balaban J connectivity index is 1.74. The zero-order valence-electron chi connectivity index (χ0n) is 18.4. The van der Waals surface area contributed by atoms with Gasteiger partial charge in [-0.1, -0.05) is 73.7 Å². The minimum Gasteiger partial charge on any atom is -0.497 e. The molecule has 0 saturated heterocycles. The average molecular weight is 446 g/mol. The van der Waals surface area contributed by atoms with Crippen molar-refractivity contribution in [1.82, 2.24) is 4.31 Å². The SMILES string of the molecule is CCc1ccc(S(=O)(=O)N(Cc2ccc(OC)cc2)Cc2cccc3ccccc23)cc1. The molecule has 0 fully saturated rings. The van der Waals surface area contributed by atoms with Crippen LogP contribution in [0.25, 0.3) is 10.8 Å². The first-order chi connectivity index (χ1) is 15.5. The second-order valence-electron chi connectivity index (χ2n) is 7.76. The van der Waals surface area contributed by atoms with Crippen molar-refractivity contribution in [1.29, 1.82) is 0 Å². The highest BCUT2D eigenvalue weighted by molar-refractivity contribution is 7.89. The summed E-state index contributed by atoms with van der Waals surface area (Å²) in [7, 11) is -2.09. The van der Waals surface area contributed by atoms with Crippen molar-refractivity contribution < 1.29 is 13.2 Å². The number of hydrogen-bond acceptors (Lipinski definition) is 3. The lowest BCUT2D eigenvalue weighted by Gasteiger charge is -2.23. The van der Waals surface area contributed by atoms with E-state index >= 15 is 0 Å². The summed E-state index contributed by atoms with van der Waals surface area (Å²) in [6.07, 6.45) is 0.867. The van der Waals surface area contributed by atoms with Crippen LogP contribution in [0, 0.1) is 0 Å². The van der Waals surface area contributed by atoms with E-state index in [1.807, 2.05) is 78.9 Å². The van der Waals surface area contributed by atoms with Crippen LogP contribution in [0.3, 0.4) is 0 Å². The Kier molecular flexibility index (Phi) is 6.58. The predicted octanol–water partition coefficient (Wildman–Crippen LogP) is 5.80. The highest BCUT2D eigenvalue weighted by Crippen LogP contribution is 2.26. The number of benzene rings is 4. The fourth-order valence-corrected chi connectivity index (χ4v) is 5.23. The molecular formula is C27H27NO3S. The van der Waals surface area contributed by atoms with E-state index < -0.39 is 10.0 Å². The Labute approximate surface area is 190 Å². The molecule has 0 aromatic heterocycles. The molecule has 4 nitrogen and oxygen atoms in total. The number of rotatable bonds is 8. The third-order valence-corrected chi connectivity index (χ3v) is 7.52. The first kappa shape index (κ1) is 22.1. The van der Waals surface area contributed by atoms with Gasteiger partial charge in [0.25, 0.3) is 0 Å². The van der Waals surface area contributed by atoms with Gasteiger partial charge in [0, 0.05) is 13.1 Å². The number of methoxy groups -OCH3 is 1. The zero-order valence-corrected chi connectivity index (χ0v) is 19.2. The highest BCUT2D eigenvalue weighted by Gasteiger charge is 2.25. The Morgan fingerprint density at radius 1 is 0.750 bits per heavy atom. The fraction of sp³-hybridized carbons (Fsp3) is 0.185. The quantitative estimate of drug-likeness (QED) is 0.344. The molecule has 0 radical (unpaired) electrons. The summed E-state index contributed by atoms with van der Waals surface area (Å²) in [6, 6.07) is 28.8. The molecular weight excluding hydrogens is 418 g/mol. The normalized spacial score (nSPS) is 11.7. The Morgan fingerprint density at radius 3 is 2.09 bits per heavy atom. The lowest BCUT2D eigenvalue weighted by atomic mass is 10.0. The monoisotopic (exact) mass is 445 g/mol. The maximum absolute atomic E-state index is 13.7. The van der Waals surface area contributed by atoms with Gasteiger partial charge >= 0.3 is 0 Å². The molecule has 4 rings (SSSR count). The molecule has 0 atom stereocenters. The number of hydrogen-bond donors (Lipinski definition) is 0. The third kappa shape index (κ3) is 4.69. The molecule has 4 aromatic rings. The van der Waals surface area contributed by atoms with Crippen LogP contribution in [0.4, 0.5) is 0 Å². The number of nitrogens with zero attached hydrogens (tertiary/aromatic N) is 1. The van der Waals surface area contributed by atoms with Crippen molar-refractivity contribution in [2.24, 2.45) is 0 Å². The molecule has 0 bridgehead atoms. The number of aryl methyl sites for hydroxylation is 1. The van der Waals surface area contributed by atoms with E-state index in [1.165, 1.54) is 0 Å². The summed E-state index contributed by atoms with van der Waals surface area (Å²) in [5, 5.41) is 2.16. The number of sulfonamides is 1. The highest BCUT2D eigenvalue weighted by atomic mass is 32.2. The maximum Gasteiger partial charge on any atom is 0.243 e. The molecule has 0 amide bonds. The Hall–Kier alpha value is -3.15. The van der Waals surface area contributed by atoms with Crippen LogP contribution in [-0.4, -0.2) is 19.8 Å². The number of ether oxygens (including phenoxy) is 1. The molecule has 0 unspecified atom stereocenters. The maximum atomic E-state index is 13.7. The molecule has 4 aromatic carbocycles. The van der Waals surface area contributed by atoms with Crippen LogP contribution >= 0.6 is 0 Å². The van der Waals surface area contributed by atoms with Gasteiger partial charge in [-0.25, -0.2) is 8.42 Å². The van der Waals surface area contributed by atoms with Gasteiger partial charge in [-0.15, -0.1) is 0 Å². The van der Waals surface area contributed by atoms with Gasteiger partial charge in [-0.3, -0.25) is 0 Å². The van der Waals surface area contributed by atoms with Gasteiger partial charge in [0.1, 0.15) is 5.75 Å².